The summed E-state index contributed by atoms with van der Waals surface area (Å²) in [5.74, 6) is 0. The van der Waals surface area contributed by atoms with Crippen molar-refractivity contribution in [1.29, 1.82) is 0 Å². The Morgan fingerprint density at radius 1 is 1.26 bits per heavy atom. The van der Waals surface area contributed by atoms with Crippen LogP contribution >= 0.6 is 0 Å². The first-order valence-electron chi connectivity index (χ1n) is 7.19. The van der Waals surface area contributed by atoms with Gasteiger partial charge >= 0.3 is 0 Å². The summed E-state index contributed by atoms with van der Waals surface area (Å²) in [6.07, 6.45) is 4.55. The van der Waals surface area contributed by atoms with E-state index in [1.165, 1.54) is 35.0 Å². The maximum Gasteiger partial charge on any atom is 0.0594 e. The second-order valence-electron chi connectivity index (χ2n) is 5.42. The molecule has 3 heteroatoms. The third kappa shape index (κ3) is 2.99. The highest BCUT2D eigenvalue weighted by Gasteiger charge is 2.10. The van der Waals surface area contributed by atoms with Crippen LogP contribution in [0.2, 0.25) is 0 Å². The molecule has 19 heavy (non-hydrogen) atoms. The summed E-state index contributed by atoms with van der Waals surface area (Å²) in [5, 5.41) is 1.39. The molecule has 102 valence electrons. The number of ether oxygens (including phenoxy) is 1. The summed E-state index contributed by atoms with van der Waals surface area (Å²) >= 11 is 0. The van der Waals surface area contributed by atoms with Crippen molar-refractivity contribution < 1.29 is 4.74 Å². The van der Waals surface area contributed by atoms with Crippen LogP contribution in [0, 0.1) is 6.92 Å². The summed E-state index contributed by atoms with van der Waals surface area (Å²) < 4.78 is 5.38. The van der Waals surface area contributed by atoms with E-state index in [0.717, 1.165) is 32.7 Å². The van der Waals surface area contributed by atoms with Crippen LogP contribution in [0.3, 0.4) is 0 Å². The Bertz CT molecular complexity index is 541. The SMILES string of the molecule is Cc1ccc2[nH]cc(CCCN3CCOCC3)c2c1. The second kappa shape index (κ2) is 5.76. The molecular weight excluding hydrogens is 236 g/mol. The van der Waals surface area contributed by atoms with E-state index in [4.69, 9.17) is 4.74 Å². The van der Waals surface area contributed by atoms with Crippen LogP contribution in [0.4, 0.5) is 0 Å². The lowest BCUT2D eigenvalue weighted by Crippen LogP contribution is -2.36. The van der Waals surface area contributed by atoms with Gasteiger partial charge in [0.25, 0.3) is 0 Å². The lowest BCUT2D eigenvalue weighted by molar-refractivity contribution is 0.0375. The fourth-order valence-corrected chi connectivity index (χ4v) is 2.82. The first-order valence-corrected chi connectivity index (χ1v) is 7.19. The predicted molar refractivity (Wildman–Crippen MR) is 78.6 cm³/mol. The molecule has 1 aromatic heterocycles. The molecule has 3 nitrogen and oxygen atoms in total. The van der Waals surface area contributed by atoms with Crippen molar-refractivity contribution >= 4 is 10.9 Å². The molecule has 0 radical (unpaired) electrons. The Kier molecular flexibility index (Phi) is 3.85. The minimum atomic E-state index is 0.895. The monoisotopic (exact) mass is 258 g/mol. The Morgan fingerprint density at radius 3 is 2.95 bits per heavy atom. The molecule has 0 aliphatic carbocycles. The molecule has 1 saturated heterocycles. The summed E-state index contributed by atoms with van der Waals surface area (Å²) in [7, 11) is 0. The largest absolute Gasteiger partial charge is 0.379 e. The van der Waals surface area contributed by atoms with Gasteiger partial charge in [-0.15, -0.1) is 0 Å². The second-order valence-corrected chi connectivity index (χ2v) is 5.42. The standard InChI is InChI=1S/C16H22N2O/c1-13-4-5-16-15(11-13)14(12-17-16)3-2-6-18-7-9-19-10-8-18/h4-5,11-12,17H,2-3,6-10H2,1H3. The van der Waals surface area contributed by atoms with Gasteiger partial charge in [-0.2, -0.15) is 0 Å². The average Bonchev–Trinajstić information content (AvgIpc) is 2.83. The van der Waals surface area contributed by atoms with E-state index in [-0.39, 0.29) is 0 Å². The Balaban J connectivity index is 1.60. The van der Waals surface area contributed by atoms with Gasteiger partial charge in [-0.05, 0) is 44.0 Å². The number of nitrogens with zero attached hydrogens (tertiary/aromatic N) is 1. The lowest BCUT2D eigenvalue weighted by Gasteiger charge is -2.26. The molecule has 2 aromatic rings. The van der Waals surface area contributed by atoms with E-state index >= 15 is 0 Å². The van der Waals surface area contributed by atoms with E-state index < -0.39 is 0 Å². The highest BCUT2D eigenvalue weighted by molar-refractivity contribution is 5.83. The number of morpholine rings is 1. The van der Waals surface area contributed by atoms with Crippen molar-refractivity contribution in [3.05, 3.63) is 35.5 Å². The van der Waals surface area contributed by atoms with Gasteiger partial charge in [-0.25, -0.2) is 0 Å². The molecule has 0 amide bonds. The van der Waals surface area contributed by atoms with Crippen LogP contribution in [0.5, 0.6) is 0 Å². The number of rotatable bonds is 4. The Labute approximate surface area is 114 Å². The number of hydrogen-bond acceptors (Lipinski definition) is 2. The smallest absolute Gasteiger partial charge is 0.0594 e. The van der Waals surface area contributed by atoms with Gasteiger partial charge in [0.15, 0.2) is 0 Å². The fraction of sp³-hybridized carbons (Fsp3) is 0.500. The minimum absolute atomic E-state index is 0.895. The van der Waals surface area contributed by atoms with Crippen LogP contribution in [0.25, 0.3) is 10.9 Å². The average molecular weight is 258 g/mol. The van der Waals surface area contributed by atoms with Gasteiger partial charge in [0.2, 0.25) is 0 Å². The van der Waals surface area contributed by atoms with E-state index in [1.54, 1.807) is 0 Å². The number of aryl methyl sites for hydroxylation is 2. The Hall–Kier alpha value is -1.32. The summed E-state index contributed by atoms with van der Waals surface area (Å²) in [5.41, 5.74) is 4.04. The highest BCUT2D eigenvalue weighted by atomic mass is 16.5. The molecule has 1 fully saturated rings. The van der Waals surface area contributed by atoms with E-state index in [0.29, 0.717) is 0 Å². The topological polar surface area (TPSA) is 28.3 Å². The normalized spacial score (nSPS) is 17.1. The van der Waals surface area contributed by atoms with Crippen molar-refractivity contribution in [2.45, 2.75) is 19.8 Å². The van der Waals surface area contributed by atoms with Gasteiger partial charge in [0.1, 0.15) is 0 Å². The van der Waals surface area contributed by atoms with Crippen molar-refractivity contribution in [2.24, 2.45) is 0 Å². The van der Waals surface area contributed by atoms with Crippen molar-refractivity contribution in [3.8, 4) is 0 Å². The van der Waals surface area contributed by atoms with Crippen molar-refractivity contribution in [1.82, 2.24) is 9.88 Å². The van der Waals surface area contributed by atoms with Crippen molar-refractivity contribution in [2.75, 3.05) is 32.8 Å². The molecule has 2 heterocycles. The molecule has 3 rings (SSSR count). The molecular formula is C16H22N2O. The quantitative estimate of drug-likeness (QED) is 0.913. The number of fused-ring (bicyclic) bond motifs is 1. The maximum absolute atomic E-state index is 5.38. The number of benzene rings is 1. The molecule has 0 saturated carbocycles. The van der Waals surface area contributed by atoms with Crippen molar-refractivity contribution in [3.63, 3.8) is 0 Å². The van der Waals surface area contributed by atoms with Crippen LogP contribution in [-0.2, 0) is 11.2 Å². The molecule has 1 N–H and O–H groups in total. The maximum atomic E-state index is 5.38. The number of nitrogens with one attached hydrogen (secondary N) is 1. The van der Waals surface area contributed by atoms with E-state index in [9.17, 15) is 0 Å². The zero-order chi connectivity index (χ0) is 13.1. The molecule has 0 atom stereocenters. The zero-order valence-electron chi connectivity index (χ0n) is 11.6. The van der Waals surface area contributed by atoms with Gasteiger partial charge in [0, 0.05) is 30.2 Å². The van der Waals surface area contributed by atoms with Crippen LogP contribution in [0.1, 0.15) is 17.5 Å². The molecule has 0 unspecified atom stereocenters. The predicted octanol–water partition coefficient (Wildman–Crippen LogP) is 2.74. The molecule has 1 aromatic carbocycles. The third-order valence-corrected chi connectivity index (χ3v) is 3.95. The Morgan fingerprint density at radius 2 is 2.11 bits per heavy atom. The lowest BCUT2D eigenvalue weighted by atomic mass is 10.1. The number of aromatic amines is 1. The summed E-state index contributed by atoms with van der Waals surface area (Å²) in [6.45, 7) is 7.31. The van der Waals surface area contributed by atoms with Gasteiger partial charge in [-0.3, -0.25) is 4.90 Å². The number of aromatic nitrogens is 1. The first kappa shape index (κ1) is 12.7. The van der Waals surface area contributed by atoms with Crippen LogP contribution in [-0.4, -0.2) is 42.7 Å². The van der Waals surface area contributed by atoms with Crippen LogP contribution in [0.15, 0.2) is 24.4 Å². The molecule has 1 aliphatic rings. The molecule has 0 spiro atoms. The van der Waals surface area contributed by atoms with E-state index in [1.807, 2.05) is 0 Å². The van der Waals surface area contributed by atoms with E-state index in [2.05, 4.69) is 41.2 Å². The van der Waals surface area contributed by atoms with Gasteiger partial charge < -0.3 is 9.72 Å². The molecule has 0 bridgehead atoms. The zero-order valence-corrected chi connectivity index (χ0v) is 11.6. The highest BCUT2D eigenvalue weighted by Crippen LogP contribution is 2.21. The minimum Gasteiger partial charge on any atom is -0.379 e. The first-order chi connectivity index (χ1) is 9.33. The number of hydrogen-bond donors (Lipinski definition) is 1. The summed E-state index contributed by atoms with van der Waals surface area (Å²) in [4.78, 5) is 5.87. The summed E-state index contributed by atoms with van der Waals surface area (Å²) in [6, 6.07) is 6.63. The van der Waals surface area contributed by atoms with Crippen LogP contribution < -0.4 is 0 Å². The third-order valence-electron chi connectivity index (χ3n) is 3.95. The van der Waals surface area contributed by atoms with Gasteiger partial charge in [-0.1, -0.05) is 11.6 Å². The fourth-order valence-electron chi connectivity index (χ4n) is 2.82. The molecule has 1 aliphatic heterocycles. The van der Waals surface area contributed by atoms with Gasteiger partial charge in [0.05, 0.1) is 13.2 Å². The number of H-pyrrole nitrogens is 1.